The number of hydrogen-bond acceptors (Lipinski definition) is 5. The molecule has 0 saturated heterocycles. The van der Waals surface area contributed by atoms with Crippen molar-refractivity contribution in [1.29, 1.82) is 0 Å². The van der Waals surface area contributed by atoms with Crippen LogP contribution in [0.25, 0.3) is 6.08 Å². The van der Waals surface area contributed by atoms with E-state index in [4.69, 9.17) is 4.74 Å². The lowest BCUT2D eigenvalue weighted by Crippen LogP contribution is -2.11. The Morgan fingerprint density at radius 3 is 2.43 bits per heavy atom. The third-order valence-corrected chi connectivity index (χ3v) is 4.55. The minimum absolute atomic E-state index is 0.0848. The van der Waals surface area contributed by atoms with E-state index in [9.17, 15) is 4.79 Å². The third kappa shape index (κ3) is 3.24. The zero-order valence-corrected chi connectivity index (χ0v) is 14.4. The van der Waals surface area contributed by atoms with Crippen LogP contribution in [0, 0.1) is 6.92 Å². The molecule has 0 radical (unpaired) electrons. The molecule has 1 aromatic carbocycles. The fourth-order valence-electron chi connectivity index (χ4n) is 2.22. The van der Waals surface area contributed by atoms with Crippen molar-refractivity contribution < 1.29 is 9.53 Å². The van der Waals surface area contributed by atoms with Crippen LogP contribution >= 0.6 is 11.3 Å². The monoisotopic (exact) mass is 326 g/mol. The standard InChI is InChI=1S/C18H18N2O2S/c1-11-15(23-10-19-11)9-14-17(21)22-16(20-14)12-5-7-13(8-6-12)18(2,3)4/h5-10H,1-4H3/b14-9+. The zero-order valence-electron chi connectivity index (χ0n) is 13.6. The highest BCUT2D eigenvalue weighted by Crippen LogP contribution is 2.25. The number of hydrogen-bond donors (Lipinski definition) is 0. The summed E-state index contributed by atoms with van der Waals surface area (Å²) in [7, 11) is 0. The number of benzene rings is 1. The van der Waals surface area contributed by atoms with Gasteiger partial charge in [0.1, 0.15) is 0 Å². The number of cyclic esters (lactones) is 1. The molecular weight excluding hydrogens is 308 g/mol. The van der Waals surface area contributed by atoms with Crippen molar-refractivity contribution in [2.45, 2.75) is 33.1 Å². The predicted octanol–water partition coefficient (Wildman–Crippen LogP) is 4.09. The van der Waals surface area contributed by atoms with E-state index < -0.39 is 5.97 Å². The Kier molecular flexibility index (Phi) is 3.90. The molecule has 0 saturated carbocycles. The molecule has 4 nitrogen and oxygen atoms in total. The van der Waals surface area contributed by atoms with Crippen LogP contribution in [-0.4, -0.2) is 16.9 Å². The van der Waals surface area contributed by atoms with Crippen LogP contribution in [0.4, 0.5) is 0 Å². The van der Waals surface area contributed by atoms with E-state index in [-0.39, 0.29) is 5.41 Å². The first-order chi connectivity index (χ1) is 10.8. The number of thiazole rings is 1. The SMILES string of the molecule is Cc1ncsc1/C=C1/N=C(c2ccc(C(C)(C)C)cc2)OC1=O. The molecule has 2 heterocycles. The first-order valence-electron chi connectivity index (χ1n) is 7.38. The highest BCUT2D eigenvalue weighted by Gasteiger charge is 2.25. The number of aromatic nitrogens is 1. The average Bonchev–Trinajstić information content (AvgIpc) is 3.06. The van der Waals surface area contributed by atoms with Crippen LogP contribution in [-0.2, 0) is 14.9 Å². The van der Waals surface area contributed by atoms with E-state index in [1.807, 2.05) is 31.2 Å². The Bertz CT molecular complexity index is 808. The minimum Gasteiger partial charge on any atom is -0.402 e. The van der Waals surface area contributed by atoms with Gasteiger partial charge in [-0.3, -0.25) is 0 Å². The Balaban J connectivity index is 1.90. The maximum Gasteiger partial charge on any atom is 0.363 e. The maximum absolute atomic E-state index is 12.0. The first kappa shape index (κ1) is 15.6. The molecule has 0 aliphatic carbocycles. The second-order valence-electron chi connectivity index (χ2n) is 6.47. The van der Waals surface area contributed by atoms with Gasteiger partial charge in [-0.25, -0.2) is 14.8 Å². The van der Waals surface area contributed by atoms with Crippen molar-refractivity contribution in [3.05, 3.63) is 57.2 Å². The molecule has 0 fully saturated rings. The van der Waals surface area contributed by atoms with Crippen molar-refractivity contribution in [1.82, 2.24) is 4.98 Å². The lowest BCUT2D eigenvalue weighted by molar-refractivity contribution is -0.129. The smallest absolute Gasteiger partial charge is 0.363 e. The number of aliphatic imine (C=N–C) groups is 1. The van der Waals surface area contributed by atoms with Crippen LogP contribution in [0.3, 0.4) is 0 Å². The number of aryl methyl sites for hydroxylation is 1. The van der Waals surface area contributed by atoms with Gasteiger partial charge in [-0.1, -0.05) is 32.9 Å². The van der Waals surface area contributed by atoms with Gasteiger partial charge in [0.2, 0.25) is 5.90 Å². The summed E-state index contributed by atoms with van der Waals surface area (Å²) in [6, 6.07) is 7.96. The number of rotatable bonds is 2. The van der Waals surface area contributed by atoms with Crippen molar-refractivity contribution >= 4 is 29.3 Å². The molecule has 23 heavy (non-hydrogen) atoms. The second kappa shape index (κ2) is 5.74. The van der Waals surface area contributed by atoms with Crippen LogP contribution in [0.5, 0.6) is 0 Å². The van der Waals surface area contributed by atoms with Crippen molar-refractivity contribution in [3.8, 4) is 0 Å². The highest BCUT2D eigenvalue weighted by molar-refractivity contribution is 7.10. The molecule has 0 bridgehead atoms. The lowest BCUT2D eigenvalue weighted by Gasteiger charge is -2.18. The third-order valence-electron chi connectivity index (χ3n) is 3.67. The molecule has 1 aromatic heterocycles. The molecule has 0 unspecified atom stereocenters. The van der Waals surface area contributed by atoms with Crippen molar-refractivity contribution in [2.75, 3.05) is 0 Å². The predicted molar refractivity (Wildman–Crippen MR) is 92.6 cm³/mol. The summed E-state index contributed by atoms with van der Waals surface area (Å²) in [5, 5.41) is 0. The Labute approximate surface area is 139 Å². The fraction of sp³-hybridized carbons (Fsp3) is 0.278. The topological polar surface area (TPSA) is 51.6 Å². The summed E-state index contributed by atoms with van der Waals surface area (Å²) in [6.07, 6.45) is 1.73. The molecule has 0 N–H and O–H groups in total. The number of carbonyl (C=O) groups is 1. The summed E-state index contributed by atoms with van der Waals surface area (Å²) in [4.78, 5) is 21.4. The van der Waals surface area contributed by atoms with Gasteiger partial charge in [-0.2, -0.15) is 0 Å². The van der Waals surface area contributed by atoms with Gasteiger partial charge in [-0.15, -0.1) is 11.3 Å². The van der Waals surface area contributed by atoms with E-state index >= 15 is 0 Å². The highest BCUT2D eigenvalue weighted by atomic mass is 32.1. The van der Waals surface area contributed by atoms with Gasteiger partial charge in [0.15, 0.2) is 5.70 Å². The Hall–Kier alpha value is -2.27. The number of carbonyl (C=O) groups excluding carboxylic acids is 1. The largest absolute Gasteiger partial charge is 0.402 e. The van der Waals surface area contributed by atoms with Gasteiger partial charge < -0.3 is 4.74 Å². The molecule has 0 spiro atoms. The molecule has 0 atom stereocenters. The summed E-state index contributed by atoms with van der Waals surface area (Å²) in [5.74, 6) is -0.0726. The van der Waals surface area contributed by atoms with E-state index in [0.717, 1.165) is 16.1 Å². The van der Waals surface area contributed by atoms with E-state index in [1.54, 1.807) is 11.6 Å². The Morgan fingerprint density at radius 2 is 1.87 bits per heavy atom. The Morgan fingerprint density at radius 1 is 1.17 bits per heavy atom. The normalized spacial score (nSPS) is 16.6. The first-order valence-corrected chi connectivity index (χ1v) is 8.26. The van der Waals surface area contributed by atoms with Gasteiger partial charge >= 0.3 is 5.97 Å². The van der Waals surface area contributed by atoms with Crippen LogP contribution in [0.1, 0.15) is 42.5 Å². The van der Waals surface area contributed by atoms with Gasteiger partial charge in [-0.05, 0) is 36.1 Å². The number of esters is 1. The summed E-state index contributed by atoms with van der Waals surface area (Å²) in [6.45, 7) is 8.38. The molecule has 5 heteroatoms. The number of ether oxygens (including phenoxy) is 1. The fourth-order valence-corrected chi connectivity index (χ4v) is 2.95. The van der Waals surface area contributed by atoms with E-state index in [2.05, 4.69) is 30.7 Å². The number of nitrogens with zero attached hydrogens (tertiary/aromatic N) is 2. The lowest BCUT2D eigenvalue weighted by atomic mass is 9.87. The van der Waals surface area contributed by atoms with E-state index in [1.165, 1.54) is 16.9 Å². The van der Waals surface area contributed by atoms with Gasteiger partial charge in [0.25, 0.3) is 0 Å². The maximum atomic E-state index is 12.0. The van der Waals surface area contributed by atoms with Gasteiger partial charge in [0.05, 0.1) is 16.1 Å². The van der Waals surface area contributed by atoms with Crippen molar-refractivity contribution in [3.63, 3.8) is 0 Å². The molecule has 0 amide bonds. The van der Waals surface area contributed by atoms with E-state index in [0.29, 0.717) is 11.6 Å². The summed E-state index contributed by atoms with van der Waals surface area (Å²) >= 11 is 1.48. The minimum atomic E-state index is -0.423. The second-order valence-corrected chi connectivity index (χ2v) is 7.35. The zero-order chi connectivity index (χ0) is 16.6. The van der Waals surface area contributed by atoms with Gasteiger partial charge in [0, 0.05) is 5.56 Å². The molecular formula is C18H18N2O2S. The molecule has 3 rings (SSSR count). The van der Waals surface area contributed by atoms with Crippen molar-refractivity contribution in [2.24, 2.45) is 4.99 Å². The molecule has 2 aromatic rings. The molecule has 1 aliphatic rings. The summed E-state index contributed by atoms with van der Waals surface area (Å²) in [5.41, 5.74) is 5.05. The molecule has 1 aliphatic heterocycles. The van der Waals surface area contributed by atoms with Crippen LogP contribution in [0.15, 0.2) is 40.5 Å². The van der Waals surface area contributed by atoms with Crippen LogP contribution < -0.4 is 0 Å². The quantitative estimate of drug-likeness (QED) is 0.617. The molecule has 118 valence electrons. The van der Waals surface area contributed by atoms with Crippen LogP contribution in [0.2, 0.25) is 0 Å². The summed E-state index contributed by atoms with van der Waals surface area (Å²) < 4.78 is 5.30. The average molecular weight is 326 g/mol.